The lowest BCUT2D eigenvalue weighted by Gasteiger charge is -2.22. The highest BCUT2D eigenvalue weighted by atomic mass is 16.5. The van der Waals surface area contributed by atoms with Gasteiger partial charge in [0.2, 0.25) is 5.91 Å². The van der Waals surface area contributed by atoms with E-state index in [0.717, 1.165) is 30.6 Å². The molecule has 2 heterocycles. The van der Waals surface area contributed by atoms with Crippen LogP contribution in [0.1, 0.15) is 36.8 Å². The van der Waals surface area contributed by atoms with Crippen LogP contribution in [0.3, 0.4) is 0 Å². The van der Waals surface area contributed by atoms with Gasteiger partial charge in [0, 0.05) is 31.5 Å². The summed E-state index contributed by atoms with van der Waals surface area (Å²) in [6.07, 6.45) is 5.37. The highest BCUT2D eigenvalue weighted by molar-refractivity contribution is 5.91. The maximum Gasteiger partial charge on any atom is 0.319 e. The van der Waals surface area contributed by atoms with E-state index in [2.05, 4.69) is 20.9 Å². The van der Waals surface area contributed by atoms with Gasteiger partial charge in [0.25, 0.3) is 0 Å². The highest BCUT2D eigenvalue weighted by Gasteiger charge is 2.13. The highest BCUT2D eigenvalue weighted by Crippen LogP contribution is 2.15. The summed E-state index contributed by atoms with van der Waals surface area (Å²) in [6.45, 7) is 4.00. The molecule has 1 unspecified atom stereocenters. The van der Waals surface area contributed by atoms with Crippen molar-refractivity contribution >= 4 is 23.4 Å². The molecule has 1 atom stereocenters. The lowest BCUT2D eigenvalue weighted by molar-refractivity contribution is -0.116. The molecule has 2 aromatic rings. The summed E-state index contributed by atoms with van der Waals surface area (Å²) in [5, 5.41) is 8.16. The SMILES string of the molecule is Cc1ccc(NC(=O)CCNC(=O)Nc2cccc(COCC3CCCCO3)c2)nc1. The first-order valence-corrected chi connectivity index (χ1v) is 10.6. The van der Waals surface area contributed by atoms with E-state index in [4.69, 9.17) is 9.47 Å². The maximum atomic E-state index is 12.1. The fraction of sp³-hybridized carbons (Fsp3) is 0.435. The summed E-state index contributed by atoms with van der Waals surface area (Å²) in [5.41, 5.74) is 2.66. The predicted molar refractivity (Wildman–Crippen MR) is 119 cm³/mol. The van der Waals surface area contributed by atoms with E-state index in [0.29, 0.717) is 24.7 Å². The van der Waals surface area contributed by atoms with Crippen molar-refractivity contribution in [2.75, 3.05) is 30.4 Å². The molecule has 0 radical (unpaired) electrons. The number of nitrogens with zero attached hydrogens (tertiary/aromatic N) is 1. The van der Waals surface area contributed by atoms with Gasteiger partial charge in [-0.1, -0.05) is 18.2 Å². The average Bonchev–Trinajstić information content (AvgIpc) is 2.76. The molecule has 1 aliphatic heterocycles. The first-order chi connectivity index (χ1) is 15.1. The Morgan fingerprint density at radius 2 is 2.10 bits per heavy atom. The molecular weight excluding hydrogens is 396 g/mol. The molecule has 8 nitrogen and oxygen atoms in total. The summed E-state index contributed by atoms with van der Waals surface area (Å²) in [4.78, 5) is 28.2. The Morgan fingerprint density at radius 1 is 1.19 bits per heavy atom. The van der Waals surface area contributed by atoms with Crippen LogP contribution in [0, 0.1) is 6.92 Å². The standard InChI is InChI=1S/C23H30N4O4/c1-17-8-9-21(25-14-17)27-22(28)10-11-24-23(29)26-19-6-4-5-18(13-19)15-30-16-20-7-2-3-12-31-20/h4-6,8-9,13-14,20H,2-3,7,10-12,15-16H2,1H3,(H2,24,26,29)(H,25,27,28). The molecule has 1 aromatic heterocycles. The molecule has 0 spiro atoms. The second kappa shape index (κ2) is 12.0. The number of hydrogen-bond acceptors (Lipinski definition) is 5. The smallest absolute Gasteiger partial charge is 0.319 e. The molecule has 0 bridgehead atoms. The van der Waals surface area contributed by atoms with E-state index in [-0.39, 0.29) is 31.0 Å². The zero-order chi connectivity index (χ0) is 21.9. The monoisotopic (exact) mass is 426 g/mol. The number of nitrogens with one attached hydrogen (secondary N) is 3. The van der Waals surface area contributed by atoms with Crippen molar-refractivity contribution in [1.82, 2.24) is 10.3 Å². The Bertz CT molecular complexity index is 851. The van der Waals surface area contributed by atoms with Gasteiger partial charge < -0.3 is 25.4 Å². The van der Waals surface area contributed by atoms with Crippen molar-refractivity contribution in [3.05, 3.63) is 53.7 Å². The quantitative estimate of drug-likeness (QED) is 0.568. The number of ether oxygens (including phenoxy) is 2. The van der Waals surface area contributed by atoms with Gasteiger partial charge in [-0.3, -0.25) is 4.79 Å². The van der Waals surface area contributed by atoms with E-state index in [1.54, 1.807) is 12.3 Å². The van der Waals surface area contributed by atoms with Gasteiger partial charge in [-0.2, -0.15) is 0 Å². The number of hydrogen-bond donors (Lipinski definition) is 3. The summed E-state index contributed by atoms with van der Waals surface area (Å²) in [5.74, 6) is 0.284. The Labute approximate surface area is 182 Å². The largest absolute Gasteiger partial charge is 0.376 e. The minimum absolute atomic E-state index is 0.153. The molecule has 0 saturated carbocycles. The second-order valence-electron chi connectivity index (χ2n) is 7.60. The van der Waals surface area contributed by atoms with E-state index >= 15 is 0 Å². The molecule has 31 heavy (non-hydrogen) atoms. The van der Waals surface area contributed by atoms with Gasteiger partial charge in [-0.15, -0.1) is 0 Å². The van der Waals surface area contributed by atoms with Crippen LogP contribution in [-0.4, -0.2) is 42.8 Å². The molecule has 166 valence electrons. The van der Waals surface area contributed by atoms with Gasteiger partial charge in [-0.25, -0.2) is 9.78 Å². The normalized spacial score (nSPS) is 15.8. The van der Waals surface area contributed by atoms with E-state index in [1.165, 1.54) is 6.42 Å². The van der Waals surface area contributed by atoms with E-state index in [1.807, 2.05) is 37.3 Å². The average molecular weight is 427 g/mol. The van der Waals surface area contributed by atoms with Gasteiger partial charge in [0.1, 0.15) is 5.82 Å². The van der Waals surface area contributed by atoms with E-state index in [9.17, 15) is 9.59 Å². The Hall–Kier alpha value is -2.97. The predicted octanol–water partition coefficient (Wildman–Crippen LogP) is 3.63. The zero-order valence-corrected chi connectivity index (χ0v) is 17.9. The van der Waals surface area contributed by atoms with Crippen LogP contribution in [0.5, 0.6) is 0 Å². The van der Waals surface area contributed by atoms with Crippen molar-refractivity contribution in [3.63, 3.8) is 0 Å². The number of carbonyl (C=O) groups is 2. The first-order valence-electron chi connectivity index (χ1n) is 10.6. The number of amides is 3. The van der Waals surface area contributed by atoms with Crippen molar-refractivity contribution in [1.29, 1.82) is 0 Å². The third kappa shape index (κ3) is 8.35. The number of anilines is 2. The zero-order valence-electron chi connectivity index (χ0n) is 17.9. The molecule has 0 aliphatic carbocycles. The number of benzene rings is 1. The number of urea groups is 1. The van der Waals surface area contributed by atoms with Crippen molar-refractivity contribution in [2.45, 2.75) is 45.3 Å². The van der Waals surface area contributed by atoms with Crippen LogP contribution in [-0.2, 0) is 20.9 Å². The Balaban J connectivity index is 1.34. The first kappa shape index (κ1) is 22.7. The van der Waals surface area contributed by atoms with Crippen molar-refractivity contribution in [3.8, 4) is 0 Å². The lowest BCUT2D eigenvalue weighted by atomic mass is 10.1. The summed E-state index contributed by atoms with van der Waals surface area (Å²) >= 11 is 0. The molecule has 3 rings (SSSR count). The number of aromatic nitrogens is 1. The molecule has 1 aliphatic rings. The number of rotatable bonds is 9. The number of pyridine rings is 1. The number of carbonyl (C=O) groups excluding carboxylic acids is 2. The minimum Gasteiger partial charge on any atom is -0.376 e. The summed E-state index contributed by atoms with van der Waals surface area (Å²) < 4.78 is 11.4. The molecule has 1 saturated heterocycles. The van der Waals surface area contributed by atoms with Crippen molar-refractivity contribution < 1.29 is 19.1 Å². The van der Waals surface area contributed by atoms with Crippen LogP contribution < -0.4 is 16.0 Å². The molecule has 8 heteroatoms. The lowest BCUT2D eigenvalue weighted by Crippen LogP contribution is -2.31. The maximum absolute atomic E-state index is 12.1. The van der Waals surface area contributed by atoms with Crippen LogP contribution >= 0.6 is 0 Å². The van der Waals surface area contributed by atoms with E-state index < -0.39 is 0 Å². The van der Waals surface area contributed by atoms with Crippen LogP contribution in [0.25, 0.3) is 0 Å². The summed E-state index contributed by atoms with van der Waals surface area (Å²) in [7, 11) is 0. The Kier molecular flexibility index (Phi) is 8.81. The summed E-state index contributed by atoms with van der Waals surface area (Å²) in [6, 6.07) is 10.8. The topological polar surface area (TPSA) is 102 Å². The van der Waals surface area contributed by atoms with Crippen LogP contribution in [0.4, 0.5) is 16.3 Å². The van der Waals surface area contributed by atoms with Crippen LogP contribution in [0.2, 0.25) is 0 Å². The second-order valence-corrected chi connectivity index (χ2v) is 7.60. The minimum atomic E-state index is -0.366. The number of aryl methyl sites for hydroxylation is 1. The van der Waals surface area contributed by atoms with Crippen LogP contribution in [0.15, 0.2) is 42.6 Å². The van der Waals surface area contributed by atoms with Gasteiger partial charge in [0.05, 0.1) is 19.3 Å². The molecular formula is C23H30N4O4. The van der Waals surface area contributed by atoms with Gasteiger partial charge >= 0.3 is 6.03 Å². The van der Waals surface area contributed by atoms with Crippen molar-refractivity contribution in [2.24, 2.45) is 0 Å². The third-order valence-corrected chi connectivity index (χ3v) is 4.85. The van der Waals surface area contributed by atoms with Gasteiger partial charge in [-0.05, 0) is 55.5 Å². The van der Waals surface area contributed by atoms with Gasteiger partial charge in [0.15, 0.2) is 0 Å². The Morgan fingerprint density at radius 3 is 2.87 bits per heavy atom. The third-order valence-electron chi connectivity index (χ3n) is 4.85. The molecule has 3 N–H and O–H groups in total. The fourth-order valence-electron chi connectivity index (χ4n) is 3.20. The molecule has 1 aromatic carbocycles. The molecule has 1 fully saturated rings. The fourth-order valence-corrected chi connectivity index (χ4v) is 3.20. The molecule has 3 amide bonds.